The summed E-state index contributed by atoms with van der Waals surface area (Å²) in [5, 5.41) is 13.7. The van der Waals surface area contributed by atoms with Crippen molar-refractivity contribution in [3.05, 3.63) is 143 Å². The van der Waals surface area contributed by atoms with E-state index in [1.165, 1.54) is 22.3 Å². The number of benzene rings is 4. The highest BCUT2D eigenvalue weighted by Crippen LogP contribution is 2.15. The lowest BCUT2D eigenvalue weighted by molar-refractivity contribution is -0.158. The summed E-state index contributed by atoms with van der Waals surface area (Å²) in [5.41, 5.74) is 22.5. The van der Waals surface area contributed by atoms with Crippen molar-refractivity contribution in [2.24, 2.45) is 11.5 Å². The summed E-state index contributed by atoms with van der Waals surface area (Å²) in [6.45, 7) is 8.84. The molecule has 4 rings (SSSR count). The predicted molar refractivity (Wildman–Crippen MR) is 387 cm³/mol. The second kappa shape index (κ2) is 61.8. The van der Waals surface area contributed by atoms with Crippen molar-refractivity contribution in [3.63, 3.8) is 0 Å². The first-order valence-corrected chi connectivity index (χ1v) is 36.0. The molecule has 568 valence electrons. The molecule has 4 amide bonds. The van der Waals surface area contributed by atoms with Crippen molar-refractivity contribution in [2.45, 2.75) is 180 Å². The van der Waals surface area contributed by atoms with Crippen LogP contribution in [0.25, 0.3) is 0 Å². The Bertz CT molecular complexity index is 2870. The number of Topliss-reactive ketones (excluding diaryl/α,β-unsaturated/α-hetero) is 2. The molecule has 25 heteroatoms. The minimum absolute atomic E-state index is 0.0222. The number of methoxy groups -OCH3 is 1. The summed E-state index contributed by atoms with van der Waals surface area (Å²) >= 11 is 0. The zero-order valence-electron chi connectivity index (χ0n) is 60.6. The number of carbonyl (C=O) groups is 9. The molecule has 0 saturated carbocycles. The van der Waals surface area contributed by atoms with E-state index in [2.05, 4.69) is 70.1 Å². The fraction of sp³-hybridized carbons (Fsp3) is 0.571. The van der Waals surface area contributed by atoms with Crippen LogP contribution in [0.1, 0.15) is 163 Å². The van der Waals surface area contributed by atoms with Crippen molar-refractivity contribution in [3.8, 4) is 0 Å². The van der Waals surface area contributed by atoms with Crippen LogP contribution in [0.5, 0.6) is 0 Å². The molecule has 102 heavy (non-hydrogen) atoms. The van der Waals surface area contributed by atoms with E-state index in [0.717, 1.165) is 88.2 Å². The standard InChI is InChI=1S/C42H63N3O10.C28H39N3O4.C7H14O5/c1-3-25-51-27-29-53-32-40(48)43-24-11-10-17-37(44-41(49)33-54-30-28-52-26-4-2)38(46)18-12-19-42(50)55-45-39(47)31-36-22-20-35(21-23-36)16-9-8-15-34-13-6-5-7-14-34;29-20-7-6-13-25(30)26(32)14-8-15-28(34)35-31-27(33)21-24-18-16-23(17-19-24)12-5-4-11-22-9-2-1-3-10-22;1-10-2-3-11-4-5-12-6-7(8)9/h5-7,13-14,20-23,37H,3-4,8-12,15-19,24-33H2,1-2H3,(H,43,48)(H,44,49)(H,45,47);1-3,9-10,16-19,25H,4-8,11-15,20-21,29-30H2,(H,31,33);2-6H2,1H3,(H,8,9)/t37-;25-;/m00./s1. The smallest absolute Gasteiger partial charge is 0.332 e. The van der Waals surface area contributed by atoms with Crippen LogP contribution in [0.4, 0.5) is 0 Å². The van der Waals surface area contributed by atoms with E-state index in [4.69, 9.17) is 59.4 Å². The first-order chi connectivity index (χ1) is 49.5. The van der Waals surface area contributed by atoms with E-state index in [-0.39, 0.29) is 88.8 Å². The van der Waals surface area contributed by atoms with Crippen LogP contribution in [0.3, 0.4) is 0 Å². The van der Waals surface area contributed by atoms with E-state index in [1.54, 1.807) is 7.11 Å². The number of nitrogens with two attached hydrogens (primary N) is 2. The molecule has 0 aliphatic carbocycles. The molecule has 0 fully saturated rings. The second-order valence-corrected chi connectivity index (χ2v) is 24.2. The van der Waals surface area contributed by atoms with Crippen LogP contribution in [0.2, 0.25) is 0 Å². The fourth-order valence-corrected chi connectivity index (χ4v) is 9.75. The van der Waals surface area contributed by atoms with Gasteiger partial charge < -0.3 is 70.0 Å². The van der Waals surface area contributed by atoms with E-state index in [1.807, 2.05) is 74.5 Å². The largest absolute Gasteiger partial charge is 0.480 e. The SMILES string of the molecule is CCCOCCOCC(=O)NCCCC[C@H](NC(=O)COCCOCCC)C(=O)CCCC(=O)ONC(=O)Cc1ccc(CCCCc2ccccc2)cc1.COCCOCCOCC(=O)O.NCCCC[C@H](N)C(=O)CCCC(=O)ONC(=O)Cc1ccc(CCCCc2ccccc2)cc1. The highest BCUT2D eigenvalue weighted by atomic mass is 16.7. The molecule has 0 saturated heterocycles. The zero-order chi connectivity index (χ0) is 74.3. The van der Waals surface area contributed by atoms with Gasteiger partial charge in [0.2, 0.25) is 11.8 Å². The average Bonchev–Trinajstić information content (AvgIpc) is 0.929. The Balaban J connectivity index is 0.000000636. The number of carboxylic acid groups (broad SMARTS) is 1. The van der Waals surface area contributed by atoms with Crippen LogP contribution in [0, 0.1) is 0 Å². The predicted octanol–water partition coefficient (Wildman–Crippen LogP) is 8.08. The molecule has 0 aliphatic rings. The molecule has 0 spiro atoms. The highest BCUT2D eigenvalue weighted by Gasteiger charge is 2.22. The van der Waals surface area contributed by atoms with Crippen molar-refractivity contribution < 1.29 is 91.1 Å². The molecule has 0 aliphatic heterocycles. The van der Waals surface area contributed by atoms with E-state index < -0.39 is 47.7 Å². The van der Waals surface area contributed by atoms with Crippen molar-refractivity contribution in [1.29, 1.82) is 0 Å². The van der Waals surface area contributed by atoms with E-state index in [9.17, 15) is 43.2 Å². The van der Waals surface area contributed by atoms with Gasteiger partial charge in [-0.05, 0) is 149 Å². The molecular formula is C77H116N6O19. The Morgan fingerprint density at radius 2 is 0.814 bits per heavy atom. The summed E-state index contributed by atoms with van der Waals surface area (Å²) in [6, 6.07) is 35.4. The Morgan fingerprint density at radius 1 is 0.412 bits per heavy atom. The molecular weight excluding hydrogens is 1310 g/mol. The molecule has 25 nitrogen and oxygen atoms in total. The number of hydroxylamine groups is 2. The molecule has 0 radical (unpaired) electrons. The van der Waals surface area contributed by atoms with Gasteiger partial charge in [-0.15, -0.1) is 0 Å². The van der Waals surface area contributed by atoms with E-state index >= 15 is 0 Å². The maximum absolute atomic E-state index is 13.1. The molecule has 0 aromatic heterocycles. The number of hydrogen-bond acceptors (Lipinski definition) is 20. The fourth-order valence-electron chi connectivity index (χ4n) is 9.75. The normalized spacial score (nSPS) is 11.3. The lowest BCUT2D eigenvalue weighted by atomic mass is 10.0. The Morgan fingerprint density at radius 3 is 1.26 bits per heavy atom. The molecule has 2 atom stereocenters. The number of hydrogen-bond donors (Lipinski definition) is 7. The molecule has 9 N–H and O–H groups in total. The number of ether oxygens (including phenoxy) is 7. The van der Waals surface area contributed by atoms with Gasteiger partial charge >= 0.3 is 17.9 Å². The summed E-state index contributed by atoms with van der Waals surface area (Å²) in [7, 11) is 1.59. The summed E-state index contributed by atoms with van der Waals surface area (Å²) in [4.78, 5) is 118. The summed E-state index contributed by atoms with van der Waals surface area (Å²) in [5.74, 6) is -4.04. The van der Waals surface area contributed by atoms with Gasteiger partial charge in [-0.1, -0.05) is 129 Å². The van der Waals surface area contributed by atoms with Crippen LogP contribution in [0.15, 0.2) is 109 Å². The zero-order valence-corrected chi connectivity index (χ0v) is 60.6. The van der Waals surface area contributed by atoms with Crippen LogP contribution in [-0.4, -0.2) is 176 Å². The highest BCUT2D eigenvalue weighted by molar-refractivity contribution is 5.90. The van der Waals surface area contributed by atoms with Gasteiger partial charge in [-0.2, -0.15) is 11.0 Å². The van der Waals surface area contributed by atoms with E-state index in [0.29, 0.717) is 105 Å². The lowest BCUT2D eigenvalue weighted by Crippen LogP contribution is -2.42. The number of amides is 4. The molecule has 0 bridgehead atoms. The van der Waals surface area contributed by atoms with Crippen LogP contribution < -0.4 is 33.1 Å². The van der Waals surface area contributed by atoms with Gasteiger partial charge in [0.1, 0.15) is 25.6 Å². The Hall–Kier alpha value is -7.85. The van der Waals surface area contributed by atoms with Gasteiger partial charge in [0.05, 0.1) is 77.8 Å². The summed E-state index contributed by atoms with van der Waals surface area (Å²) in [6.07, 6.45) is 14.9. The minimum atomic E-state index is -0.966. The van der Waals surface area contributed by atoms with Gasteiger partial charge in [-0.25, -0.2) is 14.4 Å². The third kappa shape index (κ3) is 51.3. The van der Waals surface area contributed by atoms with Gasteiger partial charge in [0.25, 0.3) is 11.8 Å². The molecule has 0 heterocycles. The number of nitrogens with one attached hydrogen (secondary N) is 4. The first-order valence-electron chi connectivity index (χ1n) is 36.0. The van der Waals surface area contributed by atoms with Gasteiger partial charge in [0.15, 0.2) is 5.78 Å². The first kappa shape index (κ1) is 90.2. The third-order valence-corrected chi connectivity index (χ3v) is 15.3. The topological polar surface area (TPSA) is 357 Å². The second-order valence-electron chi connectivity index (χ2n) is 24.2. The van der Waals surface area contributed by atoms with Crippen molar-refractivity contribution in [2.75, 3.05) is 106 Å². The minimum Gasteiger partial charge on any atom is -0.480 e. The number of aryl methyl sites for hydroxylation is 4. The molecule has 0 unspecified atom stereocenters. The maximum atomic E-state index is 13.1. The number of carboxylic acids is 1. The maximum Gasteiger partial charge on any atom is 0.332 e. The third-order valence-electron chi connectivity index (χ3n) is 15.3. The van der Waals surface area contributed by atoms with Crippen molar-refractivity contribution in [1.82, 2.24) is 21.6 Å². The van der Waals surface area contributed by atoms with Crippen LogP contribution >= 0.6 is 0 Å². The Kier molecular flexibility index (Phi) is 54.7. The molecule has 4 aromatic carbocycles. The molecule has 4 aromatic rings. The number of ketones is 2. The lowest BCUT2D eigenvalue weighted by Gasteiger charge is -2.18. The summed E-state index contributed by atoms with van der Waals surface area (Å²) < 4.78 is 35.8. The number of unbranched alkanes of at least 4 members (excludes halogenated alkanes) is 4. The van der Waals surface area contributed by atoms with Crippen LogP contribution in [-0.2, 0) is 125 Å². The number of aliphatic carboxylic acids is 1. The number of rotatable bonds is 56. The van der Waals surface area contributed by atoms with Gasteiger partial charge in [-0.3, -0.25) is 28.8 Å². The van der Waals surface area contributed by atoms with Gasteiger partial charge in [0, 0.05) is 52.6 Å². The Labute approximate surface area is 603 Å². The monoisotopic (exact) mass is 1430 g/mol. The van der Waals surface area contributed by atoms with Crippen molar-refractivity contribution >= 4 is 53.1 Å². The number of carbonyl (C=O) groups excluding carboxylic acids is 8. The average molecular weight is 1430 g/mol. The quantitative estimate of drug-likeness (QED) is 0.0162.